The third kappa shape index (κ3) is 3.04. The normalized spacial score (nSPS) is 10.2. The first kappa shape index (κ1) is 11.6. The molecule has 0 heterocycles. The fourth-order valence-electron chi connectivity index (χ4n) is 2.01. The average Bonchev–Trinajstić information content (AvgIpc) is 2.38. The molecule has 1 nitrogen and oxygen atoms in total. The summed E-state index contributed by atoms with van der Waals surface area (Å²) in [7, 11) is 0. The van der Waals surface area contributed by atoms with Gasteiger partial charge in [0.1, 0.15) is 0 Å². The highest BCUT2D eigenvalue weighted by Gasteiger charge is 2.05. The summed E-state index contributed by atoms with van der Waals surface area (Å²) in [6.07, 6.45) is 1.89. The maximum atomic E-state index is 11.5. The smallest absolute Gasteiger partial charge is 0.160 e. The van der Waals surface area contributed by atoms with Gasteiger partial charge < -0.3 is 0 Å². The molecule has 0 aliphatic rings. The van der Waals surface area contributed by atoms with Crippen molar-refractivity contribution in [2.45, 2.75) is 19.8 Å². The lowest BCUT2D eigenvalue weighted by molar-refractivity contribution is 0.101. The quantitative estimate of drug-likeness (QED) is 0.724. The van der Waals surface area contributed by atoms with Crippen LogP contribution in [0.2, 0.25) is 0 Å². The van der Waals surface area contributed by atoms with Crippen LogP contribution in [0.25, 0.3) is 0 Å². The molecule has 0 aliphatic carbocycles. The van der Waals surface area contributed by atoms with Crippen LogP contribution < -0.4 is 0 Å². The molecule has 0 spiro atoms. The molecule has 17 heavy (non-hydrogen) atoms. The topological polar surface area (TPSA) is 17.1 Å². The Morgan fingerprint density at radius 3 is 2.24 bits per heavy atom. The molecule has 0 fully saturated rings. The molecule has 0 amide bonds. The first-order chi connectivity index (χ1) is 8.27. The van der Waals surface area contributed by atoms with Crippen molar-refractivity contribution < 1.29 is 4.79 Å². The Balaban J connectivity index is 2.12. The second kappa shape index (κ2) is 5.44. The summed E-state index contributed by atoms with van der Waals surface area (Å²) in [6, 6.07) is 18.2. The maximum Gasteiger partial charge on any atom is 0.160 e. The summed E-state index contributed by atoms with van der Waals surface area (Å²) < 4.78 is 0. The van der Waals surface area contributed by atoms with Crippen LogP contribution in [0.1, 0.15) is 28.4 Å². The number of ketones is 1. The molecule has 1 heteroatoms. The summed E-state index contributed by atoms with van der Waals surface area (Å²) in [5.41, 5.74) is 3.30. The largest absolute Gasteiger partial charge is 0.295 e. The zero-order chi connectivity index (χ0) is 12.1. The maximum absolute atomic E-state index is 11.5. The second-order valence-corrected chi connectivity index (χ2v) is 4.20. The van der Waals surface area contributed by atoms with Crippen LogP contribution in [0, 0.1) is 0 Å². The van der Waals surface area contributed by atoms with Crippen molar-refractivity contribution in [3.05, 3.63) is 71.3 Å². The lowest BCUT2D eigenvalue weighted by Gasteiger charge is -2.06. The molecular formula is C16H16O. The molecule has 0 saturated heterocycles. The molecule has 0 saturated carbocycles. The average molecular weight is 224 g/mol. The summed E-state index contributed by atoms with van der Waals surface area (Å²) in [4.78, 5) is 11.5. The molecule has 0 N–H and O–H groups in total. The fraction of sp³-hybridized carbons (Fsp3) is 0.188. The van der Waals surface area contributed by atoms with E-state index in [4.69, 9.17) is 0 Å². The van der Waals surface area contributed by atoms with Gasteiger partial charge >= 0.3 is 0 Å². The molecule has 2 aromatic carbocycles. The molecule has 2 rings (SSSR count). The number of hydrogen-bond donors (Lipinski definition) is 0. The Morgan fingerprint density at radius 2 is 1.53 bits per heavy atom. The third-order valence-electron chi connectivity index (χ3n) is 2.92. The van der Waals surface area contributed by atoms with Crippen LogP contribution in [-0.4, -0.2) is 5.78 Å². The van der Waals surface area contributed by atoms with Crippen LogP contribution in [0.5, 0.6) is 0 Å². The molecule has 0 bridgehead atoms. The number of carbonyl (C=O) groups is 1. The first-order valence-corrected chi connectivity index (χ1v) is 5.90. The van der Waals surface area contributed by atoms with E-state index in [1.807, 2.05) is 42.5 Å². The lowest BCUT2D eigenvalue weighted by Crippen LogP contribution is -2.01. The van der Waals surface area contributed by atoms with Gasteiger partial charge in [0.05, 0.1) is 0 Å². The minimum absolute atomic E-state index is 0.147. The predicted molar refractivity (Wildman–Crippen MR) is 70.3 cm³/mol. The van der Waals surface area contributed by atoms with Gasteiger partial charge in [0.25, 0.3) is 0 Å². The van der Waals surface area contributed by atoms with E-state index in [-0.39, 0.29) is 5.78 Å². The van der Waals surface area contributed by atoms with Gasteiger partial charge in [0.15, 0.2) is 5.78 Å². The highest BCUT2D eigenvalue weighted by molar-refractivity contribution is 5.95. The first-order valence-electron chi connectivity index (χ1n) is 5.90. The summed E-state index contributed by atoms with van der Waals surface area (Å²) in [6.45, 7) is 1.63. The number of aryl methyl sites for hydroxylation is 2. The van der Waals surface area contributed by atoms with Crippen molar-refractivity contribution in [3.63, 3.8) is 0 Å². The summed E-state index contributed by atoms with van der Waals surface area (Å²) in [5, 5.41) is 0. The second-order valence-electron chi connectivity index (χ2n) is 4.20. The Labute approximate surface area is 102 Å². The Kier molecular flexibility index (Phi) is 3.71. The van der Waals surface area contributed by atoms with Gasteiger partial charge in [-0.3, -0.25) is 4.79 Å². The molecule has 0 radical (unpaired) electrons. The van der Waals surface area contributed by atoms with Crippen molar-refractivity contribution in [3.8, 4) is 0 Å². The Morgan fingerprint density at radius 1 is 0.882 bits per heavy atom. The van der Waals surface area contributed by atoms with Gasteiger partial charge in [-0.2, -0.15) is 0 Å². The van der Waals surface area contributed by atoms with Gasteiger partial charge in [-0.1, -0.05) is 54.6 Å². The van der Waals surface area contributed by atoms with Crippen molar-refractivity contribution in [2.75, 3.05) is 0 Å². The molecule has 0 atom stereocenters. The fourth-order valence-corrected chi connectivity index (χ4v) is 2.01. The van der Waals surface area contributed by atoms with E-state index in [9.17, 15) is 4.79 Å². The van der Waals surface area contributed by atoms with E-state index >= 15 is 0 Å². The molecular weight excluding hydrogens is 208 g/mol. The standard InChI is InChI=1S/C16H16O/c1-13(17)16-10-6-5-9-15(16)12-11-14-7-3-2-4-8-14/h2-10H,11-12H2,1H3. The van der Waals surface area contributed by atoms with E-state index < -0.39 is 0 Å². The van der Waals surface area contributed by atoms with Gasteiger partial charge in [-0.05, 0) is 30.9 Å². The lowest BCUT2D eigenvalue weighted by atomic mass is 9.98. The molecule has 0 aliphatic heterocycles. The Bertz CT molecular complexity index is 500. The number of benzene rings is 2. The van der Waals surface area contributed by atoms with E-state index in [0.717, 1.165) is 24.0 Å². The molecule has 2 aromatic rings. The predicted octanol–water partition coefficient (Wildman–Crippen LogP) is 3.67. The number of rotatable bonds is 4. The van der Waals surface area contributed by atoms with E-state index in [0.29, 0.717) is 0 Å². The molecule has 0 aromatic heterocycles. The van der Waals surface area contributed by atoms with Crippen molar-refractivity contribution in [1.29, 1.82) is 0 Å². The van der Waals surface area contributed by atoms with Crippen LogP contribution in [0.4, 0.5) is 0 Å². The van der Waals surface area contributed by atoms with Crippen LogP contribution in [-0.2, 0) is 12.8 Å². The van der Waals surface area contributed by atoms with E-state index in [2.05, 4.69) is 12.1 Å². The highest BCUT2D eigenvalue weighted by Crippen LogP contribution is 2.13. The van der Waals surface area contributed by atoms with Crippen molar-refractivity contribution in [2.24, 2.45) is 0 Å². The van der Waals surface area contributed by atoms with Crippen LogP contribution in [0.3, 0.4) is 0 Å². The summed E-state index contributed by atoms with van der Waals surface area (Å²) >= 11 is 0. The SMILES string of the molecule is CC(=O)c1ccccc1CCc1ccccc1. The highest BCUT2D eigenvalue weighted by atomic mass is 16.1. The van der Waals surface area contributed by atoms with Gasteiger partial charge in [0.2, 0.25) is 0 Å². The minimum atomic E-state index is 0.147. The number of hydrogen-bond acceptors (Lipinski definition) is 1. The van der Waals surface area contributed by atoms with Gasteiger partial charge in [-0.15, -0.1) is 0 Å². The number of carbonyl (C=O) groups excluding carboxylic acids is 1. The van der Waals surface area contributed by atoms with E-state index in [1.165, 1.54) is 5.56 Å². The Hall–Kier alpha value is -1.89. The molecule has 0 unspecified atom stereocenters. The third-order valence-corrected chi connectivity index (χ3v) is 2.92. The van der Waals surface area contributed by atoms with Crippen LogP contribution >= 0.6 is 0 Å². The zero-order valence-electron chi connectivity index (χ0n) is 10.0. The van der Waals surface area contributed by atoms with Gasteiger partial charge in [-0.25, -0.2) is 0 Å². The zero-order valence-corrected chi connectivity index (χ0v) is 10.0. The van der Waals surface area contributed by atoms with E-state index in [1.54, 1.807) is 6.92 Å². The summed E-state index contributed by atoms with van der Waals surface area (Å²) in [5.74, 6) is 0.147. The number of Topliss-reactive ketones (excluding diaryl/α,β-unsaturated/α-hetero) is 1. The monoisotopic (exact) mass is 224 g/mol. The van der Waals surface area contributed by atoms with Gasteiger partial charge in [0, 0.05) is 5.56 Å². The minimum Gasteiger partial charge on any atom is -0.295 e. The van der Waals surface area contributed by atoms with Crippen molar-refractivity contribution in [1.82, 2.24) is 0 Å². The van der Waals surface area contributed by atoms with Crippen molar-refractivity contribution >= 4 is 5.78 Å². The van der Waals surface area contributed by atoms with Crippen LogP contribution in [0.15, 0.2) is 54.6 Å². The molecule has 86 valence electrons.